The van der Waals surface area contributed by atoms with Crippen molar-refractivity contribution in [3.05, 3.63) is 0 Å². The first kappa shape index (κ1) is 15.3. The van der Waals surface area contributed by atoms with Gasteiger partial charge in [0.2, 0.25) is 0 Å². The Balaban J connectivity index is 2.61. The zero-order chi connectivity index (χ0) is 13.1. The predicted octanol–water partition coefficient (Wildman–Crippen LogP) is 2.82. The highest BCUT2D eigenvalue weighted by Gasteiger charge is 2.33. The van der Waals surface area contributed by atoms with Crippen LogP contribution in [-0.2, 0) is 0 Å². The number of nitrogens with two attached hydrogens (primary N) is 1. The van der Waals surface area contributed by atoms with Crippen LogP contribution in [0.2, 0.25) is 0 Å². The summed E-state index contributed by atoms with van der Waals surface area (Å²) in [6, 6.07) is 0.736. The van der Waals surface area contributed by atoms with Crippen LogP contribution in [0.25, 0.3) is 0 Å². The Kier molecular flexibility index (Phi) is 5.36. The molecule has 1 saturated heterocycles. The number of hydrogen-bond donors (Lipinski definition) is 1. The Morgan fingerprint density at radius 1 is 1.41 bits per heavy atom. The zero-order valence-corrected chi connectivity index (χ0v) is 13.1. The van der Waals surface area contributed by atoms with Gasteiger partial charge in [0.15, 0.2) is 0 Å². The van der Waals surface area contributed by atoms with Crippen molar-refractivity contribution < 1.29 is 0 Å². The Morgan fingerprint density at radius 2 is 2.06 bits per heavy atom. The van der Waals surface area contributed by atoms with Gasteiger partial charge in [-0.3, -0.25) is 4.90 Å². The van der Waals surface area contributed by atoms with Crippen LogP contribution in [0.4, 0.5) is 0 Å². The summed E-state index contributed by atoms with van der Waals surface area (Å²) in [6.45, 7) is 14.7. The summed E-state index contributed by atoms with van der Waals surface area (Å²) in [5.41, 5.74) is 6.59. The molecule has 0 aromatic heterocycles. The number of hydrogen-bond acceptors (Lipinski definition) is 3. The Hall–Kier alpha value is 0.270. The topological polar surface area (TPSA) is 29.3 Å². The molecule has 2 N–H and O–H groups in total. The van der Waals surface area contributed by atoms with Crippen molar-refractivity contribution in [2.24, 2.45) is 16.6 Å². The van der Waals surface area contributed by atoms with Crippen molar-refractivity contribution in [1.82, 2.24) is 4.90 Å². The molecule has 0 radical (unpaired) electrons. The van der Waals surface area contributed by atoms with Crippen LogP contribution >= 0.6 is 11.8 Å². The van der Waals surface area contributed by atoms with E-state index in [9.17, 15) is 0 Å². The quantitative estimate of drug-likeness (QED) is 0.822. The average molecular weight is 258 g/mol. The van der Waals surface area contributed by atoms with Gasteiger partial charge in [-0.25, -0.2) is 0 Å². The summed E-state index contributed by atoms with van der Waals surface area (Å²) in [6.07, 6.45) is 1.33. The summed E-state index contributed by atoms with van der Waals surface area (Å²) < 4.78 is 0. The van der Waals surface area contributed by atoms with Crippen molar-refractivity contribution >= 4 is 11.8 Å². The molecule has 1 unspecified atom stereocenters. The molecule has 0 saturated carbocycles. The summed E-state index contributed by atoms with van der Waals surface area (Å²) >= 11 is 2.11. The summed E-state index contributed by atoms with van der Waals surface area (Å²) in [5, 5.41) is 0. The number of thioether (sulfide) groups is 1. The van der Waals surface area contributed by atoms with E-state index in [1.165, 1.54) is 17.9 Å². The van der Waals surface area contributed by atoms with E-state index in [2.05, 4.69) is 51.3 Å². The molecule has 0 aromatic rings. The summed E-state index contributed by atoms with van der Waals surface area (Å²) in [5.74, 6) is 2.60. The molecule has 1 aliphatic heterocycles. The molecule has 0 aromatic carbocycles. The molecule has 17 heavy (non-hydrogen) atoms. The van der Waals surface area contributed by atoms with Gasteiger partial charge in [-0.2, -0.15) is 11.8 Å². The highest BCUT2D eigenvalue weighted by molar-refractivity contribution is 7.99. The van der Waals surface area contributed by atoms with E-state index in [0.717, 1.165) is 25.7 Å². The minimum absolute atomic E-state index is 0.238. The fourth-order valence-electron chi connectivity index (χ4n) is 2.57. The Morgan fingerprint density at radius 3 is 2.53 bits per heavy atom. The third-order valence-electron chi connectivity index (χ3n) is 3.70. The fourth-order valence-corrected chi connectivity index (χ4v) is 3.96. The molecule has 0 aliphatic carbocycles. The van der Waals surface area contributed by atoms with Crippen LogP contribution in [0, 0.1) is 10.8 Å². The van der Waals surface area contributed by atoms with Crippen molar-refractivity contribution in [1.29, 1.82) is 0 Å². The molecule has 1 atom stereocenters. The molecule has 1 fully saturated rings. The van der Waals surface area contributed by atoms with Gasteiger partial charge in [0.25, 0.3) is 0 Å². The summed E-state index contributed by atoms with van der Waals surface area (Å²) in [4.78, 5) is 2.64. The van der Waals surface area contributed by atoms with E-state index in [4.69, 9.17) is 5.73 Å². The van der Waals surface area contributed by atoms with Gasteiger partial charge < -0.3 is 5.73 Å². The molecule has 1 rings (SSSR count). The highest BCUT2D eigenvalue weighted by Crippen LogP contribution is 2.36. The van der Waals surface area contributed by atoms with Crippen LogP contribution in [0.5, 0.6) is 0 Å². The number of rotatable bonds is 5. The summed E-state index contributed by atoms with van der Waals surface area (Å²) in [7, 11) is 0. The molecule has 0 amide bonds. The molecule has 1 heterocycles. The van der Waals surface area contributed by atoms with Crippen LogP contribution in [-0.4, -0.2) is 42.1 Å². The highest BCUT2D eigenvalue weighted by atomic mass is 32.2. The fraction of sp³-hybridized carbons (Fsp3) is 1.00. The lowest BCUT2D eigenvalue weighted by Crippen LogP contribution is -2.48. The van der Waals surface area contributed by atoms with Gasteiger partial charge >= 0.3 is 0 Å². The third kappa shape index (κ3) is 4.80. The van der Waals surface area contributed by atoms with E-state index < -0.39 is 0 Å². The first-order valence-corrected chi connectivity index (χ1v) is 7.97. The molecular weight excluding hydrogens is 228 g/mol. The van der Waals surface area contributed by atoms with E-state index in [1.807, 2.05) is 0 Å². The average Bonchev–Trinajstić information content (AvgIpc) is 2.24. The molecule has 0 spiro atoms. The molecule has 1 aliphatic rings. The predicted molar refractivity (Wildman–Crippen MR) is 79.6 cm³/mol. The van der Waals surface area contributed by atoms with E-state index in [0.29, 0.717) is 5.41 Å². The molecule has 102 valence electrons. The lowest BCUT2D eigenvalue weighted by molar-refractivity contribution is 0.118. The first-order valence-electron chi connectivity index (χ1n) is 6.81. The second-order valence-corrected chi connectivity index (χ2v) is 8.00. The smallest absolute Gasteiger partial charge is 0.0191 e. The van der Waals surface area contributed by atoms with Gasteiger partial charge in [-0.05, 0) is 36.1 Å². The van der Waals surface area contributed by atoms with Crippen molar-refractivity contribution in [3.63, 3.8) is 0 Å². The Bertz CT molecular complexity index is 238. The SMILES string of the molecule is CCN(CC(C)(C)CN)C1CSCC(C)(C)C1. The van der Waals surface area contributed by atoms with Crippen molar-refractivity contribution in [3.8, 4) is 0 Å². The largest absolute Gasteiger partial charge is 0.330 e. The van der Waals surface area contributed by atoms with Gasteiger partial charge in [-0.1, -0.05) is 34.6 Å². The monoisotopic (exact) mass is 258 g/mol. The van der Waals surface area contributed by atoms with Gasteiger partial charge in [0, 0.05) is 18.3 Å². The van der Waals surface area contributed by atoms with Gasteiger partial charge in [0.05, 0.1) is 0 Å². The van der Waals surface area contributed by atoms with E-state index in [1.54, 1.807) is 0 Å². The maximum atomic E-state index is 5.86. The van der Waals surface area contributed by atoms with Crippen LogP contribution in [0.3, 0.4) is 0 Å². The van der Waals surface area contributed by atoms with Gasteiger partial charge in [-0.15, -0.1) is 0 Å². The first-order chi connectivity index (χ1) is 7.79. The minimum Gasteiger partial charge on any atom is -0.330 e. The third-order valence-corrected chi connectivity index (χ3v) is 5.30. The van der Waals surface area contributed by atoms with Crippen molar-refractivity contribution in [2.75, 3.05) is 31.1 Å². The second-order valence-electron chi connectivity index (χ2n) is 6.97. The second kappa shape index (κ2) is 5.94. The van der Waals surface area contributed by atoms with Crippen molar-refractivity contribution in [2.45, 2.75) is 47.1 Å². The zero-order valence-electron chi connectivity index (χ0n) is 12.3. The van der Waals surface area contributed by atoms with Crippen LogP contribution in [0.15, 0.2) is 0 Å². The van der Waals surface area contributed by atoms with E-state index >= 15 is 0 Å². The maximum absolute atomic E-state index is 5.86. The number of nitrogens with zero attached hydrogens (tertiary/aromatic N) is 1. The molecule has 3 heteroatoms. The van der Waals surface area contributed by atoms with Gasteiger partial charge in [0.1, 0.15) is 0 Å². The maximum Gasteiger partial charge on any atom is 0.0191 e. The minimum atomic E-state index is 0.238. The van der Waals surface area contributed by atoms with Crippen LogP contribution < -0.4 is 5.73 Å². The molecular formula is C14H30N2S. The lowest BCUT2D eigenvalue weighted by Gasteiger charge is -2.43. The Labute approximate surface area is 112 Å². The lowest BCUT2D eigenvalue weighted by atomic mass is 9.86. The molecule has 2 nitrogen and oxygen atoms in total. The molecule has 0 bridgehead atoms. The van der Waals surface area contributed by atoms with Crippen LogP contribution in [0.1, 0.15) is 41.0 Å². The standard InChI is InChI=1S/C14H30N2S/c1-6-16(10-14(4,5)9-15)12-7-13(2,3)11-17-8-12/h12H,6-11,15H2,1-5H3. The van der Waals surface area contributed by atoms with E-state index in [-0.39, 0.29) is 5.41 Å². The normalized spacial score (nSPS) is 25.2.